The molecule has 2 atom stereocenters. The highest BCUT2D eigenvalue weighted by Gasteiger charge is 2.27. The summed E-state index contributed by atoms with van der Waals surface area (Å²) in [6, 6.07) is 0. The first-order valence-electron chi connectivity index (χ1n) is 13.8. The van der Waals surface area contributed by atoms with E-state index in [4.69, 9.17) is 18.5 Å². The highest BCUT2D eigenvalue weighted by Crippen LogP contribution is 2.43. The molecule has 0 radical (unpaired) electrons. The zero-order valence-electron chi connectivity index (χ0n) is 23.5. The molecule has 0 saturated heterocycles. The highest BCUT2D eigenvalue weighted by atomic mass is 31.2. The molecule has 10 heteroatoms. The van der Waals surface area contributed by atoms with E-state index >= 15 is 0 Å². The molecule has 0 bridgehead atoms. The number of phosphoric acid groups is 1. The highest BCUT2D eigenvalue weighted by molar-refractivity contribution is 7.47. The van der Waals surface area contributed by atoms with Crippen LogP contribution >= 0.6 is 7.82 Å². The number of likely N-dealkylation sites (N-methyl/N-ethyl adjacent to an activating group) is 1. The van der Waals surface area contributed by atoms with E-state index < -0.39 is 26.5 Å². The number of nitrogens with zero attached hydrogens (tertiary/aromatic N) is 1. The van der Waals surface area contributed by atoms with Gasteiger partial charge in [-0.3, -0.25) is 18.6 Å². The predicted molar refractivity (Wildman–Crippen MR) is 141 cm³/mol. The van der Waals surface area contributed by atoms with Gasteiger partial charge in [-0.2, -0.15) is 0 Å². The molecule has 0 aliphatic carbocycles. The fourth-order valence-corrected chi connectivity index (χ4v) is 4.10. The molecule has 1 N–H and O–H groups in total. The average molecular weight is 539 g/mol. The second-order valence-electron chi connectivity index (χ2n) is 10.4. The Kier molecular flexibility index (Phi) is 20.4. The smallest absolute Gasteiger partial charge is 0.462 e. The van der Waals surface area contributed by atoms with Crippen molar-refractivity contribution in [3.05, 3.63) is 0 Å². The molecule has 0 aromatic heterocycles. The molecule has 214 valence electrons. The van der Waals surface area contributed by atoms with E-state index in [1.807, 2.05) is 28.1 Å². The van der Waals surface area contributed by atoms with Crippen molar-refractivity contribution in [2.75, 3.05) is 47.5 Å². The zero-order chi connectivity index (χ0) is 27.3. The van der Waals surface area contributed by atoms with Crippen LogP contribution < -0.4 is 0 Å². The zero-order valence-corrected chi connectivity index (χ0v) is 24.4. The molecular formula is C26H53NO8P+. The van der Waals surface area contributed by atoms with Crippen molar-refractivity contribution in [3.63, 3.8) is 0 Å². The summed E-state index contributed by atoms with van der Waals surface area (Å²) in [7, 11) is 1.47. The first-order valence-corrected chi connectivity index (χ1v) is 15.3. The van der Waals surface area contributed by atoms with Gasteiger partial charge in [0.25, 0.3) is 0 Å². The number of carbonyl (C=O) groups is 2. The van der Waals surface area contributed by atoms with E-state index in [0.717, 1.165) is 32.1 Å². The minimum atomic E-state index is -4.33. The molecule has 0 aromatic rings. The molecule has 0 saturated carbocycles. The van der Waals surface area contributed by atoms with Crippen molar-refractivity contribution in [2.45, 2.75) is 110 Å². The number of phosphoric ester groups is 1. The average Bonchev–Trinajstić information content (AvgIpc) is 2.79. The fraction of sp³-hybridized carbons (Fsp3) is 0.923. The van der Waals surface area contributed by atoms with Crippen LogP contribution in [-0.2, 0) is 32.7 Å². The molecule has 0 spiro atoms. The van der Waals surface area contributed by atoms with E-state index in [1.165, 1.54) is 38.5 Å². The van der Waals surface area contributed by atoms with Gasteiger partial charge in [-0.05, 0) is 12.8 Å². The van der Waals surface area contributed by atoms with Gasteiger partial charge in [0.2, 0.25) is 0 Å². The van der Waals surface area contributed by atoms with Gasteiger partial charge in [-0.1, -0.05) is 78.1 Å². The molecule has 0 heterocycles. The molecule has 0 aliphatic rings. The Bertz CT molecular complexity index is 624. The molecule has 0 fully saturated rings. The summed E-state index contributed by atoms with van der Waals surface area (Å²) in [5.41, 5.74) is 0. The molecule has 0 rings (SSSR count). The van der Waals surface area contributed by atoms with Crippen LogP contribution in [0.15, 0.2) is 0 Å². The molecule has 36 heavy (non-hydrogen) atoms. The van der Waals surface area contributed by atoms with E-state index in [2.05, 4.69) is 6.92 Å². The first kappa shape index (κ1) is 35.0. The van der Waals surface area contributed by atoms with Crippen LogP contribution in [0.2, 0.25) is 0 Å². The Labute approximate surface area is 219 Å². The largest absolute Gasteiger partial charge is 0.472 e. The Morgan fingerprint density at radius 1 is 0.750 bits per heavy atom. The monoisotopic (exact) mass is 538 g/mol. The van der Waals surface area contributed by atoms with E-state index in [1.54, 1.807) is 0 Å². The van der Waals surface area contributed by atoms with Crippen LogP contribution in [0.3, 0.4) is 0 Å². The second-order valence-corrected chi connectivity index (χ2v) is 11.9. The maximum absolute atomic E-state index is 12.2. The molecule has 1 unspecified atom stereocenters. The van der Waals surface area contributed by atoms with Crippen LogP contribution in [0.1, 0.15) is 104 Å². The van der Waals surface area contributed by atoms with Crippen LogP contribution in [0, 0.1) is 0 Å². The van der Waals surface area contributed by atoms with Crippen molar-refractivity contribution in [2.24, 2.45) is 0 Å². The number of esters is 2. The third-order valence-corrected chi connectivity index (χ3v) is 6.62. The summed E-state index contributed by atoms with van der Waals surface area (Å²) in [5, 5.41) is 0. The number of quaternary nitrogens is 1. The summed E-state index contributed by atoms with van der Waals surface area (Å²) in [4.78, 5) is 34.3. The maximum Gasteiger partial charge on any atom is 0.472 e. The number of rotatable bonds is 24. The number of carbonyl (C=O) groups excluding carboxylic acids is 2. The standard InChI is InChI=1S/C26H52NO8P/c1-6-8-10-11-12-13-14-15-17-18-25(28)32-22-24(35-26(29)19-16-9-7-2)23-34-36(30,31)33-21-20-27(3,4)5/h24H,6-23H2,1-5H3/p+1/t24-/m0/s1. The van der Waals surface area contributed by atoms with Crippen LogP contribution in [0.4, 0.5) is 0 Å². The quantitative estimate of drug-likeness (QED) is 0.0713. The Morgan fingerprint density at radius 3 is 1.83 bits per heavy atom. The van der Waals surface area contributed by atoms with Gasteiger partial charge in [0.1, 0.15) is 19.8 Å². The van der Waals surface area contributed by atoms with Crippen molar-refractivity contribution >= 4 is 19.8 Å². The van der Waals surface area contributed by atoms with E-state index in [9.17, 15) is 19.0 Å². The summed E-state index contributed by atoms with van der Waals surface area (Å²) in [6.07, 6.45) is 12.5. The Balaban J connectivity index is 4.45. The van der Waals surface area contributed by atoms with Gasteiger partial charge in [-0.15, -0.1) is 0 Å². The predicted octanol–water partition coefficient (Wildman–Crippen LogP) is 5.78. The van der Waals surface area contributed by atoms with Gasteiger partial charge in [0, 0.05) is 12.8 Å². The summed E-state index contributed by atoms with van der Waals surface area (Å²) in [6.45, 7) is 4.16. The minimum absolute atomic E-state index is 0.0342. The number of hydrogen-bond donors (Lipinski definition) is 1. The topological polar surface area (TPSA) is 108 Å². The van der Waals surface area contributed by atoms with Crippen LogP contribution in [-0.4, -0.2) is 74.9 Å². The number of hydrogen-bond acceptors (Lipinski definition) is 7. The van der Waals surface area contributed by atoms with Crippen molar-refractivity contribution in [1.82, 2.24) is 0 Å². The van der Waals surface area contributed by atoms with Crippen molar-refractivity contribution in [3.8, 4) is 0 Å². The molecule has 0 aromatic carbocycles. The van der Waals surface area contributed by atoms with Gasteiger partial charge in [0.05, 0.1) is 27.7 Å². The summed E-state index contributed by atoms with van der Waals surface area (Å²) >= 11 is 0. The lowest BCUT2D eigenvalue weighted by Gasteiger charge is -2.24. The normalized spacial score (nSPS) is 14.3. The van der Waals surface area contributed by atoms with E-state index in [-0.39, 0.29) is 25.6 Å². The van der Waals surface area contributed by atoms with Gasteiger partial charge in [-0.25, -0.2) is 4.57 Å². The van der Waals surface area contributed by atoms with Crippen LogP contribution in [0.25, 0.3) is 0 Å². The lowest BCUT2D eigenvalue weighted by atomic mass is 10.1. The fourth-order valence-electron chi connectivity index (χ4n) is 3.36. The first-order chi connectivity index (χ1) is 17.0. The maximum atomic E-state index is 12.2. The van der Waals surface area contributed by atoms with Crippen molar-refractivity contribution < 1.29 is 42.1 Å². The summed E-state index contributed by atoms with van der Waals surface area (Å²) in [5.74, 6) is -0.831. The van der Waals surface area contributed by atoms with E-state index in [0.29, 0.717) is 23.9 Å². The Morgan fingerprint density at radius 2 is 1.25 bits per heavy atom. The van der Waals surface area contributed by atoms with Crippen molar-refractivity contribution in [1.29, 1.82) is 0 Å². The minimum Gasteiger partial charge on any atom is -0.462 e. The lowest BCUT2D eigenvalue weighted by Crippen LogP contribution is -2.37. The van der Waals surface area contributed by atoms with Gasteiger partial charge in [0.15, 0.2) is 6.10 Å². The third kappa shape index (κ3) is 23.4. The molecule has 0 aliphatic heterocycles. The number of unbranched alkanes of at least 4 members (excludes halogenated alkanes) is 10. The van der Waals surface area contributed by atoms with Gasteiger partial charge < -0.3 is 18.9 Å². The third-order valence-electron chi connectivity index (χ3n) is 5.64. The molecular weight excluding hydrogens is 485 g/mol. The van der Waals surface area contributed by atoms with Crippen LogP contribution in [0.5, 0.6) is 0 Å². The van der Waals surface area contributed by atoms with Gasteiger partial charge >= 0.3 is 19.8 Å². The second kappa shape index (κ2) is 21.0. The lowest BCUT2D eigenvalue weighted by molar-refractivity contribution is -0.870. The SMILES string of the molecule is CCCCCCCCCCCC(=O)OC[C@@H](COP(=O)(O)OCC[N+](C)(C)C)OC(=O)CCCCC. The molecule has 0 amide bonds. The summed E-state index contributed by atoms with van der Waals surface area (Å²) < 4.78 is 33.5. The number of ether oxygens (including phenoxy) is 2. The Hall–Kier alpha value is -0.990. The molecule has 9 nitrogen and oxygen atoms in total.